The predicted octanol–water partition coefficient (Wildman–Crippen LogP) is 10.0. The molecular weight excluding hydrogens is 554 g/mol. The van der Waals surface area contributed by atoms with Gasteiger partial charge in [-0.15, -0.1) is 0 Å². The van der Waals surface area contributed by atoms with Crippen molar-refractivity contribution in [3.8, 4) is 28.0 Å². The number of ether oxygens (including phenoxy) is 1. The van der Waals surface area contributed by atoms with Crippen molar-refractivity contribution in [3.05, 3.63) is 119 Å². The monoisotopic (exact) mass is 570 g/mol. The van der Waals surface area contributed by atoms with Crippen molar-refractivity contribution in [1.82, 2.24) is 0 Å². The van der Waals surface area contributed by atoms with Crippen LogP contribution < -0.4 is 4.74 Å². The lowest BCUT2D eigenvalue weighted by Crippen LogP contribution is -2.25. The van der Waals surface area contributed by atoms with Crippen LogP contribution in [-0.4, -0.2) is 0 Å². The summed E-state index contributed by atoms with van der Waals surface area (Å²) >= 11 is 0. The summed E-state index contributed by atoms with van der Waals surface area (Å²) in [6.45, 7) is 1.44. The molecule has 0 aromatic heterocycles. The molecule has 0 atom stereocenters. The second kappa shape index (κ2) is 11.1. The molecule has 0 aliphatic carbocycles. The van der Waals surface area contributed by atoms with E-state index in [0.29, 0.717) is 17.7 Å². The van der Waals surface area contributed by atoms with Crippen molar-refractivity contribution in [1.29, 1.82) is 0 Å². The quantitative estimate of drug-likeness (QED) is 0.159. The number of rotatable bonds is 7. The number of alkyl halides is 2. The number of halogens is 10. The van der Waals surface area contributed by atoms with E-state index < -0.39 is 69.5 Å². The van der Waals surface area contributed by atoms with Crippen LogP contribution >= 0.6 is 0 Å². The third-order valence-corrected chi connectivity index (χ3v) is 5.84. The normalized spacial score (nSPS) is 12.4. The Morgan fingerprint density at radius 1 is 0.650 bits per heavy atom. The summed E-state index contributed by atoms with van der Waals surface area (Å²) in [4.78, 5) is 0. The summed E-state index contributed by atoms with van der Waals surface area (Å²) in [5, 5.41) is 0. The maximum atomic E-state index is 14.9. The van der Waals surface area contributed by atoms with Crippen LogP contribution in [-0.2, 0) is 6.11 Å². The van der Waals surface area contributed by atoms with Crippen LogP contribution in [0.15, 0.2) is 72.6 Å². The molecule has 0 saturated heterocycles. The molecule has 0 unspecified atom stereocenters. The zero-order chi connectivity index (χ0) is 29.4. The highest BCUT2D eigenvalue weighted by Gasteiger charge is 2.41. The van der Waals surface area contributed by atoms with Crippen LogP contribution in [0.25, 0.3) is 28.1 Å². The standard InChI is InChI=1S/C29H16F10O/c1-2-20(30)27(36)15-5-3-14(4-6-15)16-7-8-19(21(31)9-16)17-10-22(32)26(23(33)11-17)29(38,39)40-18-12-24(34)28(37)25(35)13-18/h3-13H,2H2,1H3/b27-20+. The average molecular weight is 570 g/mol. The van der Waals surface area contributed by atoms with E-state index in [4.69, 9.17) is 0 Å². The largest absolute Gasteiger partial charge is 0.432 e. The van der Waals surface area contributed by atoms with Crippen molar-refractivity contribution in [2.45, 2.75) is 19.5 Å². The molecule has 0 fully saturated rings. The van der Waals surface area contributed by atoms with Crippen LogP contribution in [0.4, 0.5) is 43.9 Å². The molecule has 208 valence electrons. The Kier molecular flexibility index (Phi) is 7.95. The maximum absolute atomic E-state index is 14.9. The van der Waals surface area contributed by atoms with Gasteiger partial charge in [0.25, 0.3) is 0 Å². The van der Waals surface area contributed by atoms with E-state index in [9.17, 15) is 43.9 Å². The zero-order valence-corrected chi connectivity index (χ0v) is 20.2. The molecule has 0 aliphatic rings. The van der Waals surface area contributed by atoms with E-state index in [2.05, 4.69) is 4.74 Å². The Bertz CT molecular complexity index is 1560. The van der Waals surface area contributed by atoms with Gasteiger partial charge in [-0.1, -0.05) is 43.3 Å². The molecule has 0 N–H and O–H groups in total. The second-order valence-electron chi connectivity index (χ2n) is 8.48. The molecule has 1 nitrogen and oxygen atoms in total. The molecule has 0 heterocycles. The van der Waals surface area contributed by atoms with Gasteiger partial charge in [0, 0.05) is 23.3 Å². The van der Waals surface area contributed by atoms with Gasteiger partial charge in [-0.25, -0.2) is 35.1 Å². The van der Waals surface area contributed by atoms with Crippen LogP contribution in [0, 0.1) is 34.9 Å². The summed E-state index contributed by atoms with van der Waals surface area (Å²) in [5.41, 5.74) is -2.12. The zero-order valence-electron chi connectivity index (χ0n) is 20.2. The molecule has 4 aromatic carbocycles. The first-order chi connectivity index (χ1) is 18.8. The Morgan fingerprint density at radius 2 is 1.18 bits per heavy atom. The van der Waals surface area contributed by atoms with Gasteiger partial charge in [0.05, 0.1) is 0 Å². The minimum Gasteiger partial charge on any atom is -0.429 e. The van der Waals surface area contributed by atoms with Crippen molar-refractivity contribution in [3.63, 3.8) is 0 Å². The molecule has 40 heavy (non-hydrogen) atoms. The van der Waals surface area contributed by atoms with Crippen molar-refractivity contribution in [2.75, 3.05) is 0 Å². The molecule has 0 amide bonds. The Morgan fingerprint density at radius 3 is 1.70 bits per heavy atom. The summed E-state index contributed by atoms with van der Waals surface area (Å²) in [6.07, 6.45) is -4.94. The van der Waals surface area contributed by atoms with Crippen LogP contribution in [0.5, 0.6) is 5.75 Å². The third-order valence-electron chi connectivity index (χ3n) is 5.84. The SMILES string of the molecule is CC/C(F)=C(\F)c1ccc(-c2ccc(-c3cc(F)c(C(F)(F)Oc4cc(F)c(F)c(F)c4)c(F)c3)c(F)c2)cc1. The number of benzene rings is 4. The van der Waals surface area contributed by atoms with Gasteiger partial charge < -0.3 is 4.74 Å². The maximum Gasteiger partial charge on any atom is 0.432 e. The van der Waals surface area contributed by atoms with E-state index in [1.165, 1.54) is 37.3 Å². The van der Waals surface area contributed by atoms with Crippen molar-refractivity contribution >= 4 is 5.83 Å². The van der Waals surface area contributed by atoms with E-state index in [1.54, 1.807) is 0 Å². The highest BCUT2D eigenvalue weighted by atomic mass is 19.3. The van der Waals surface area contributed by atoms with Crippen LogP contribution in [0.3, 0.4) is 0 Å². The van der Waals surface area contributed by atoms with Crippen LogP contribution in [0.2, 0.25) is 0 Å². The topological polar surface area (TPSA) is 9.23 Å². The molecule has 4 rings (SSSR count). The van der Waals surface area contributed by atoms with Gasteiger partial charge in [-0.3, -0.25) is 0 Å². The number of allylic oxidation sites excluding steroid dienone is 1. The molecule has 0 bridgehead atoms. The lowest BCUT2D eigenvalue weighted by Gasteiger charge is -2.20. The molecule has 4 aromatic rings. The first-order valence-electron chi connectivity index (χ1n) is 11.5. The van der Waals surface area contributed by atoms with Gasteiger partial charge >= 0.3 is 6.11 Å². The van der Waals surface area contributed by atoms with E-state index >= 15 is 0 Å². The van der Waals surface area contributed by atoms with Gasteiger partial charge in [0.2, 0.25) is 0 Å². The van der Waals surface area contributed by atoms with E-state index in [1.807, 2.05) is 0 Å². The first kappa shape index (κ1) is 28.7. The summed E-state index contributed by atoms with van der Waals surface area (Å²) < 4.78 is 145. The van der Waals surface area contributed by atoms with Crippen molar-refractivity contribution < 1.29 is 48.6 Å². The smallest absolute Gasteiger partial charge is 0.429 e. The van der Waals surface area contributed by atoms with Gasteiger partial charge in [0.1, 0.15) is 34.6 Å². The van der Waals surface area contributed by atoms with Gasteiger partial charge in [-0.2, -0.15) is 8.78 Å². The Balaban J connectivity index is 1.63. The fraction of sp³-hybridized carbons (Fsp3) is 0.103. The highest BCUT2D eigenvalue weighted by Crippen LogP contribution is 2.38. The second-order valence-corrected chi connectivity index (χ2v) is 8.48. The summed E-state index contributed by atoms with van der Waals surface area (Å²) in [5.74, 6) is -13.6. The fourth-order valence-electron chi connectivity index (χ4n) is 3.85. The predicted molar refractivity (Wildman–Crippen MR) is 127 cm³/mol. The molecule has 0 radical (unpaired) electrons. The first-order valence-corrected chi connectivity index (χ1v) is 11.5. The van der Waals surface area contributed by atoms with Gasteiger partial charge in [0.15, 0.2) is 23.3 Å². The third kappa shape index (κ3) is 5.68. The van der Waals surface area contributed by atoms with Crippen molar-refractivity contribution in [2.24, 2.45) is 0 Å². The molecular formula is C29H16F10O. The summed E-state index contributed by atoms with van der Waals surface area (Å²) in [6, 6.07) is 9.80. The molecule has 0 saturated carbocycles. The molecule has 11 heteroatoms. The summed E-state index contributed by atoms with van der Waals surface area (Å²) in [7, 11) is 0. The minimum atomic E-state index is -4.80. The minimum absolute atomic E-state index is 0.0262. The molecule has 0 spiro atoms. The number of hydrogen-bond donors (Lipinski definition) is 0. The van der Waals surface area contributed by atoms with Gasteiger partial charge in [-0.05, 0) is 41.3 Å². The molecule has 0 aliphatic heterocycles. The highest BCUT2D eigenvalue weighted by molar-refractivity contribution is 5.73. The lowest BCUT2D eigenvalue weighted by atomic mass is 9.97. The average Bonchev–Trinajstić information content (AvgIpc) is 2.90. The number of hydrogen-bond acceptors (Lipinski definition) is 1. The lowest BCUT2D eigenvalue weighted by molar-refractivity contribution is -0.189. The van der Waals surface area contributed by atoms with Crippen LogP contribution in [0.1, 0.15) is 24.5 Å². The van der Waals surface area contributed by atoms with E-state index in [0.717, 1.165) is 12.1 Å². The van der Waals surface area contributed by atoms with E-state index in [-0.39, 0.29) is 35.2 Å². The Labute approximate surface area is 221 Å². The fourth-order valence-corrected chi connectivity index (χ4v) is 3.85. The Hall–Kier alpha value is -4.28.